The fourth-order valence-electron chi connectivity index (χ4n) is 4.26. The van der Waals surface area contributed by atoms with E-state index >= 15 is 0 Å². The van der Waals surface area contributed by atoms with Gasteiger partial charge in [0.15, 0.2) is 0 Å². The van der Waals surface area contributed by atoms with Crippen LogP contribution in [-0.4, -0.2) is 35.3 Å². The van der Waals surface area contributed by atoms with E-state index in [-0.39, 0.29) is 0 Å². The first-order valence-corrected chi connectivity index (χ1v) is 8.28. The van der Waals surface area contributed by atoms with E-state index in [9.17, 15) is 0 Å². The van der Waals surface area contributed by atoms with Gasteiger partial charge >= 0.3 is 0 Å². The van der Waals surface area contributed by atoms with E-state index in [4.69, 9.17) is 4.74 Å². The monoisotopic (exact) mass is 274 g/mol. The number of rotatable bonds is 5. The van der Waals surface area contributed by atoms with Gasteiger partial charge in [0.25, 0.3) is 0 Å². The van der Waals surface area contributed by atoms with Crippen molar-refractivity contribution >= 4 is 0 Å². The molecular weight excluding hydrogens is 248 g/mol. The van der Waals surface area contributed by atoms with Gasteiger partial charge in [0.2, 0.25) is 0 Å². The Kier molecular flexibility index (Phi) is 3.15. The number of likely N-dealkylation sites (tertiary alicyclic amines) is 1. The van der Waals surface area contributed by atoms with Crippen molar-refractivity contribution in [2.45, 2.75) is 57.7 Å². The first-order chi connectivity index (χ1) is 9.78. The van der Waals surface area contributed by atoms with Crippen LogP contribution in [0.2, 0.25) is 0 Å². The molecule has 3 heteroatoms. The molecule has 2 aliphatic carbocycles. The summed E-state index contributed by atoms with van der Waals surface area (Å²) in [5.74, 6) is 0. The smallest absolute Gasteiger partial charge is 0.0586 e. The Morgan fingerprint density at radius 1 is 1.35 bits per heavy atom. The maximum atomic E-state index is 5.74. The molecule has 1 aromatic heterocycles. The minimum Gasteiger partial charge on any atom is -0.378 e. The zero-order chi connectivity index (χ0) is 13.6. The van der Waals surface area contributed by atoms with Crippen LogP contribution in [0.1, 0.15) is 50.8 Å². The first kappa shape index (κ1) is 12.9. The van der Waals surface area contributed by atoms with Crippen LogP contribution in [-0.2, 0) is 11.3 Å². The summed E-state index contributed by atoms with van der Waals surface area (Å²) in [5, 5.41) is 0. The second-order valence-corrected chi connectivity index (χ2v) is 7.08. The summed E-state index contributed by atoms with van der Waals surface area (Å²) in [6.45, 7) is 6.68. The molecule has 2 saturated carbocycles. The van der Waals surface area contributed by atoms with Gasteiger partial charge in [-0.05, 0) is 63.1 Å². The highest BCUT2D eigenvalue weighted by Gasteiger charge is 2.48. The second-order valence-electron chi connectivity index (χ2n) is 7.08. The highest BCUT2D eigenvalue weighted by Crippen LogP contribution is 2.49. The van der Waals surface area contributed by atoms with E-state index in [0.717, 1.165) is 19.2 Å². The summed E-state index contributed by atoms with van der Waals surface area (Å²) >= 11 is 0. The summed E-state index contributed by atoms with van der Waals surface area (Å²) in [4.78, 5) is 2.66. The predicted octanol–water partition coefficient (Wildman–Crippen LogP) is 3.21. The van der Waals surface area contributed by atoms with Crippen molar-refractivity contribution in [1.29, 1.82) is 0 Å². The Morgan fingerprint density at radius 3 is 2.95 bits per heavy atom. The van der Waals surface area contributed by atoms with Crippen molar-refractivity contribution < 1.29 is 4.74 Å². The molecule has 0 unspecified atom stereocenters. The molecule has 1 aromatic rings. The molecule has 0 amide bonds. The Balaban J connectivity index is 1.34. The predicted molar refractivity (Wildman–Crippen MR) is 79.7 cm³/mol. The summed E-state index contributed by atoms with van der Waals surface area (Å²) in [7, 11) is 0. The van der Waals surface area contributed by atoms with Gasteiger partial charge in [-0.15, -0.1) is 0 Å². The van der Waals surface area contributed by atoms with Crippen LogP contribution in [0.4, 0.5) is 0 Å². The maximum Gasteiger partial charge on any atom is 0.0586 e. The largest absolute Gasteiger partial charge is 0.378 e. The molecule has 0 aromatic carbocycles. The highest BCUT2D eigenvalue weighted by molar-refractivity contribution is 5.12. The molecule has 2 heterocycles. The van der Waals surface area contributed by atoms with Crippen molar-refractivity contribution in [3.8, 4) is 0 Å². The molecule has 1 aliphatic heterocycles. The van der Waals surface area contributed by atoms with E-state index in [0.29, 0.717) is 11.5 Å². The zero-order valence-electron chi connectivity index (χ0n) is 12.6. The molecular formula is C17H26N2O. The molecule has 3 fully saturated rings. The Bertz CT molecular complexity index is 471. The average Bonchev–Trinajstić information content (AvgIpc) is 2.99. The van der Waals surface area contributed by atoms with Gasteiger partial charge < -0.3 is 9.30 Å². The molecule has 0 N–H and O–H groups in total. The molecule has 3 nitrogen and oxygen atoms in total. The van der Waals surface area contributed by atoms with Crippen LogP contribution in [0.15, 0.2) is 18.3 Å². The minimum atomic E-state index is 0.551. The molecule has 0 atom stereocenters. The summed E-state index contributed by atoms with van der Waals surface area (Å²) in [6, 6.07) is 5.34. The molecule has 20 heavy (non-hydrogen) atoms. The molecule has 0 radical (unpaired) electrons. The number of hydrogen-bond acceptors (Lipinski definition) is 2. The number of hydrogen-bond donors (Lipinski definition) is 0. The lowest BCUT2D eigenvalue weighted by molar-refractivity contribution is -0.0719. The maximum absolute atomic E-state index is 5.74. The topological polar surface area (TPSA) is 17.4 Å². The van der Waals surface area contributed by atoms with Gasteiger partial charge in [0.1, 0.15) is 0 Å². The van der Waals surface area contributed by atoms with Gasteiger partial charge in [0, 0.05) is 37.6 Å². The van der Waals surface area contributed by atoms with Crippen LogP contribution in [0.3, 0.4) is 0 Å². The van der Waals surface area contributed by atoms with Gasteiger partial charge in [-0.2, -0.15) is 0 Å². The van der Waals surface area contributed by atoms with Gasteiger partial charge in [-0.1, -0.05) is 0 Å². The van der Waals surface area contributed by atoms with Crippen LogP contribution in [0.5, 0.6) is 0 Å². The molecule has 1 saturated heterocycles. The summed E-state index contributed by atoms with van der Waals surface area (Å²) in [5.41, 5.74) is 2.11. The average molecular weight is 274 g/mol. The number of nitrogens with zero attached hydrogens (tertiary/aromatic N) is 2. The standard InChI is InChI=1S/C17H26N2O/c1-2-20-16-10-17(11-16)7-9-18(13-17)12-15-4-3-8-19(15)14-5-6-14/h3-4,8,14,16H,2,5-7,9-13H2,1H3. The molecule has 3 aliphatic rings. The summed E-state index contributed by atoms with van der Waals surface area (Å²) in [6.07, 6.45) is 9.54. The van der Waals surface area contributed by atoms with Gasteiger partial charge in [-0.25, -0.2) is 0 Å². The zero-order valence-corrected chi connectivity index (χ0v) is 12.6. The lowest BCUT2D eigenvalue weighted by atomic mass is 9.66. The Labute approximate surface area is 121 Å². The fourth-order valence-corrected chi connectivity index (χ4v) is 4.26. The lowest BCUT2D eigenvalue weighted by Crippen LogP contribution is -2.44. The van der Waals surface area contributed by atoms with Crippen LogP contribution in [0, 0.1) is 5.41 Å². The summed E-state index contributed by atoms with van der Waals surface area (Å²) < 4.78 is 8.25. The third-order valence-corrected chi connectivity index (χ3v) is 5.43. The normalized spacial score (nSPS) is 33.8. The van der Waals surface area contributed by atoms with Crippen LogP contribution in [0.25, 0.3) is 0 Å². The third kappa shape index (κ3) is 2.31. The Hall–Kier alpha value is -0.800. The quantitative estimate of drug-likeness (QED) is 0.820. The SMILES string of the molecule is CCOC1CC2(CCN(Cc3cccn3C3CC3)C2)C1. The van der Waals surface area contributed by atoms with Crippen molar-refractivity contribution in [2.75, 3.05) is 19.7 Å². The van der Waals surface area contributed by atoms with Crippen LogP contribution < -0.4 is 0 Å². The molecule has 110 valence electrons. The lowest BCUT2D eigenvalue weighted by Gasteiger charge is -2.44. The number of aromatic nitrogens is 1. The van der Waals surface area contributed by atoms with E-state index in [1.165, 1.54) is 50.9 Å². The van der Waals surface area contributed by atoms with Crippen molar-refractivity contribution in [2.24, 2.45) is 5.41 Å². The van der Waals surface area contributed by atoms with Crippen molar-refractivity contribution in [1.82, 2.24) is 9.47 Å². The van der Waals surface area contributed by atoms with E-state index in [2.05, 4.69) is 34.7 Å². The van der Waals surface area contributed by atoms with Crippen LogP contribution >= 0.6 is 0 Å². The third-order valence-electron chi connectivity index (χ3n) is 5.43. The van der Waals surface area contributed by atoms with E-state index in [1.807, 2.05) is 0 Å². The van der Waals surface area contributed by atoms with Gasteiger partial charge in [-0.3, -0.25) is 4.90 Å². The molecule has 4 rings (SSSR count). The number of ether oxygens (including phenoxy) is 1. The highest BCUT2D eigenvalue weighted by atomic mass is 16.5. The molecule has 0 bridgehead atoms. The van der Waals surface area contributed by atoms with Crippen molar-refractivity contribution in [3.63, 3.8) is 0 Å². The minimum absolute atomic E-state index is 0.551. The van der Waals surface area contributed by atoms with E-state index in [1.54, 1.807) is 0 Å². The van der Waals surface area contributed by atoms with E-state index < -0.39 is 0 Å². The van der Waals surface area contributed by atoms with Crippen molar-refractivity contribution in [3.05, 3.63) is 24.0 Å². The fraction of sp³-hybridized carbons (Fsp3) is 0.765. The molecule has 1 spiro atoms. The first-order valence-electron chi connectivity index (χ1n) is 8.28. The Morgan fingerprint density at radius 2 is 2.20 bits per heavy atom. The van der Waals surface area contributed by atoms with Gasteiger partial charge in [0.05, 0.1) is 6.10 Å². The second kappa shape index (κ2) is 4.88.